The van der Waals surface area contributed by atoms with E-state index in [2.05, 4.69) is 5.32 Å². The van der Waals surface area contributed by atoms with Crippen LogP contribution in [0.3, 0.4) is 0 Å². The number of nitrogens with one attached hydrogen (secondary N) is 1. The van der Waals surface area contributed by atoms with Crippen molar-refractivity contribution in [2.45, 2.75) is 25.1 Å². The second-order valence-corrected chi connectivity index (χ2v) is 7.73. The number of hydrogen-bond acceptors (Lipinski definition) is 2. The van der Waals surface area contributed by atoms with Crippen LogP contribution in [0.2, 0.25) is 0 Å². The highest BCUT2D eigenvalue weighted by Crippen LogP contribution is 2.31. The Morgan fingerprint density at radius 2 is 1.75 bits per heavy atom. The Labute approximate surface area is 183 Å². The highest BCUT2D eigenvalue weighted by molar-refractivity contribution is 5.94. The van der Waals surface area contributed by atoms with E-state index in [0.717, 1.165) is 17.8 Å². The van der Waals surface area contributed by atoms with Crippen LogP contribution in [-0.2, 0) is 11.0 Å². The first-order valence-electron chi connectivity index (χ1n) is 10.3. The van der Waals surface area contributed by atoms with Gasteiger partial charge in [0.25, 0.3) is 5.91 Å². The number of rotatable bonds is 6. The van der Waals surface area contributed by atoms with Gasteiger partial charge in [0.1, 0.15) is 0 Å². The van der Waals surface area contributed by atoms with E-state index >= 15 is 0 Å². The molecule has 4 rings (SSSR count). The zero-order valence-corrected chi connectivity index (χ0v) is 17.2. The first kappa shape index (κ1) is 21.7. The van der Waals surface area contributed by atoms with Gasteiger partial charge in [-0.25, -0.2) is 0 Å². The van der Waals surface area contributed by atoms with Crippen molar-refractivity contribution in [3.63, 3.8) is 0 Å². The predicted octanol–water partition coefficient (Wildman–Crippen LogP) is 4.59. The lowest BCUT2D eigenvalue weighted by Crippen LogP contribution is -2.38. The Bertz CT molecular complexity index is 1090. The van der Waals surface area contributed by atoms with E-state index in [-0.39, 0.29) is 12.5 Å². The summed E-state index contributed by atoms with van der Waals surface area (Å²) in [7, 11) is 0. The third-order valence-corrected chi connectivity index (χ3v) is 5.53. The van der Waals surface area contributed by atoms with Crippen LogP contribution in [0.1, 0.15) is 40.4 Å². The molecule has 0 saturated carbocycles. The molecule has 3 aromatic rings. The second kappa shape index (κ2) is 8.90. The van der Waals surface area contributed by atoms with Gasteiger partial charge in [0.05, 0.1) is 11.6 Å². The summed E-state index contributed by atoms with van der Waals surface area (Å²) in [6, 6.07) is 14.8. The number of nitrogens with zero attached hydrogens (tertiary/aromatic N) is 2. The summed E-state index contributed by atoms with van der Waals surface area (Å²) in [5, 5.41) is 2.82. The molecule has 0 aliphatic carbocycles. The average molecular weight is 441 g/mol. The summed E-state index contributed by atoms with van der Waals surface area (Å²) >= 11 is 0. The largest absolute Gasteiger partial charge is 0.416 e. The molecule has 1 atom stereocenters. The molecule has 2 aromatic carbocycles. The molecular formula is C24H22F3N3O2. The molecule has 1 aromatic heterocycles. The summed E-state index contributed by atoms with van der Waals surface area (Å²) < 4.78 is 41.6. The van der Waals surface area contributed by atoms with Crippen molar-refractivity contribution in [2.24, 2.45) is 0 Å². The lowest BCUT2D eigenvalue weighted by molar-refractivity contribution is -0.137. The minimum Gasteiger partial charge on any atom is -0.343 e. The predicted molar refractivity (Wildman–Crippen MR) is 113 cm³/mol. The second-order valence-electron chi connectivity index (χ2n) is 7.73. The number of likely N-dealkylation sites (tertiary alicyclic amines) is 1. The quantitative estimate of drug-likeness (QED) is 0.608. The standard InChI is InChI=1S/C24H22F3N3O2/c25-24(26,27)19-6-3-5-18(15-19)21(16-30-14-4-7-22(30)31)28-23(32)17-8-10-20(11-9-17)29-12-1-2-13-29/h1-3,5-6,8-13,15,21H,4,7,14,16H2,(H,28,32). The van der Waals surface area contributed by atoms with Crippen LogP contribution in [0.5, 0.6) is 0 Å². The molecule has 1 aliphatic rings. The lowest BCUT2D eigenvalue weighted by Gasteiger charge is -2.26. The number of halogens is 3. The monoisotopic (exact) mass is 441 g/mol. The molecule has 32 heavy (non-hydrogen) atoms. The fourth-order valence-electron chi connectivity index (χ4n) is 3.82. The fraction of sp³-hybridized carbons (Fsp3) is 0.250. The maximum Gasteiger partial charge on any atom is 0.416 e. The van der Waals surface area contributed by atoms with Gasteiger partial charge in [-0.3, -0.25) is 9.59 Å². The van der Waals surface area contributed by atoms with Crippen molar-refractivity contribution in [3.05, 3.63) is 89.7 Å². The third-order valence-electron chi connectivity index (χ3n) is 5.53. The van der Waals surface area contributed by atoms with Gasteiger partial charge in [-0.2, -0.15) is 13.2 Å². The maximum absolute atomic E-state index is 13.2. The molecule has 0 radical (unpaired) electrons. The van der Waals surface area contributed by atoms with E-state index < -0.39 is 23.7 Å². The van der Waals surface area contributed by atoms with Crippen molar-refractivity contribution in [3.8, 4) is 5.69 Å². The molecule has 166 valence electrons. The summed E-state index contributed by atoms with van der Waals surface area (Å²) in [5.41, 5.74) is 0.768. The van der Waals surface area contributed by atoms with E-state index in [1.54, 1.807) is 29.2 Å². The van der Waals surface area contributed by atoms with E-state index in [1.807, 2.05) is 29.1 Å². The number of amides is 2. The molecule has 1 fully saturated rings. The van der Waals surface area contributed by atoms with E-state index in [9.17, 15) is 22.8 Å². The van der Waals surface area contributed by atoms with Crippen molar-refractivity contribution >= 4 is 11.8 Å². The van der Waals surface area contributed by atoms with Crippen LogP contribution in [0, 0.1) is 0 Å². The molecule has 0 bridgehead atoms. The Morgan fingerprint density at radius 3 is 2.38 bits per heavy atom. The van der Waals surface area contributed by atoms with Crippen molar-refractivity contribution in [1.29, 1.82) is 0 Å². The van der Waals surface area contributed by atoms with Gasteiger partial charge < -0.3 is 14.8 Å². The molecule has 1 unspecified atom stereocenters. The first-order valence-corrected chi connectivity index (χ1v) is 10.3. The van der Waals surface area contributed by atoms with E-state index in [1.165, 1.54) is 12.1 Å². The van der Waals surface area contributed by atoms with Crippen LogP contribution >= 0.6 is 0 Å². The Kier molecular flexibility index (Phi) is 6.03. The van der Waals surface area contributed by atoms with Crippen LogP contribution in [0.15, 0.2) is 73.1 Å². The molecule has 1 saturated heterocycles. The first-order chi connectivity index (χ1) is 15.3. The smallest absolute Gasteiger partial charge is 0.343 e. The van der Waals surface area contributed by atoms with Crippen molar-refractivity contribution in [2.75, 3.05) is 13.1 Å². The summed E-state index contributed by atoms with van der Waals surface area (Å²) in [6.07, 6.45) is 0.368. The molecule has 1 N–H and O–H groups in total. The fourth-order valence-corrected chi connectivity index (χ4v) is 3.82. The molecule has 1 aliphatic heterocycles. The highest BCUT2D eigenvalue weighted by Gasteiger charge is 2.32. The van der Waals surface area contributed by atoms with Gasteiger partial charge in [0, 0.05) is 43.2 Å². The summed E-state index contributed by atoms with van der Waals surface area (Å²) in [6.45, 7) is 0.642. The minimum atomic E-state index is -4.50. The average Bonchev–Trinajstić information content (AvgIpc) is 3.45. The van der Waals surface area contributed by atoms with Crippen molar-refractivity contribution < 1.29 is 22.8 Å². The molecule has 0 spiro atoms. The topological polar surface area (TPSA) is 54.3 Å². The third kappa shape index (κ3) is 4.85. The number of alkyl halides is 3. The van der Waals surface area contributed by atoms with Gasteiger partial charge in [0.2, 0.25) is 5.91 Å². The van der Waals surface area contributed by atoms with Crippen molar-refractivity contribution in [1.82, 2.24) is 14.8 Å². The zero-order chi connectivity index (χ0) is 22.7. The van der Waals surface area contributed by atoms with Crippen LogP contribution in [0.4, 0.5) is 13.2 Å². The van der Waals surface area contributed by atoms with Gasteiger partial charge in [-0.05, 0) is 60.5 Å². The highest BCUT2D eigenvalue weighted by atomic mass is 19.4. The molecule has 8 heteroatoms. The molecule has 2 heterocycles. The number of benzene rings is 2. The number of hydrogen-bond donors (Lipinski definition) is 1. The van der Waals surface area contributed by atoms with Gasteiger partial charge in [-0.15, -0.1) is 0 Å². The van der Waals surface area contributed by atoms with E-state index in [4.69, 9.17) is 0 Å². The van der Waals surface area contributed by atoms with Crippen LogP contribution < -0.4 is 5.32 Å². The number of aromatic nitrogens is 1. The number of carbonyl (C=O) groups excluding carboxylic acids is 2. The Hall–Kier alpha value is -3.55. The molecular weight excluding hydrogens is 419 g/mol. The summed E-state index contributed by atoms with van der Waals surface area (Å²) in [4.78, 5) is 26.6. The van der Waals surface area contributed by atoms with Gasteiger partial charge in [0.15, 0.2) is 0 Å². The zero-order valence-electron chi connectivity index (χ0n) is 17.2. The van der Waals surface area contributed by atoms with E-state index in [0.29, 0.717) is 30.5 Å². The van der Waals surface area contributed by atoms with Gasteiger partial charge in [-0.1, -0.05) is 12.1 Å². The molecule has 5 nitrogen and oxygen atoms in total. The van der Waals surface area contributed by atoms with Gasteiger partial charge >= 0.3 is 6.18 Å². The lowest BCUT2D eigenvalue weighted by atomic mass is 10.0. The molecule has 2 amide bonds. The number of carbonyl (C=O) groups is 2. The Balaban J connectivity index is 1.57. The summed E-state index contributed by atoms with van der Waals surface area (Å²) in [5.74, 6) is -0.481. The Morgan fingerprint density at radius 1 is 1.03 bits per heavy atom. The SMILES string of the molecule is O=C(NC(CN1CCCC1=O)c1cccc(C(F)(F)F)c1)c1ccc(-n2cccc2)cc1. The van der Waals surface area contributed by atoms with Crippen LogP contribution in [0.25, 0.3) is 5.69 Å². The minimum absolute atomic E-state index is 0.0627. The van der Waals surface area contributed by atoms with Crippen LogP contribution in [-0.4, -0.2) is 34.4 Å². The normalized spacial score (nSPS) is 15.1. The maximum atomic E-state index is 13.2.